The lowest BCUT2D eigenvalue weighted by atomic mass is 10.1. The third-order valence-corrected chi connectivity index (χ3v) is 4.52. The van der Waals surface area contributed by atoms with Crippen molar-refractivity contribution in [3.63, 3.8) is 0 Å². The van der Waals surface area contributed by atoms with Crippen molar-refractivity contribution >= 4 is 5.91 Å². The average Bonchev–Trinajstić information content (AvgIpc) is 2.69. The number of carbonyl (C=O) groups is 1. The van der Waals surface area contributed by atoms with Crippen LogP contribution in [0.4, 0.5) is 0 Å². The van der Waals surface area contributed by atoms with Crippen molar-refractivity contribution in [3.8, 4) is 0 Å². The number of carbonyl (C=O) groups excluding carboxylic acids is 1. The summed E-state index contributed by atoms with van der Waals surface area (Å²) in [6, 6.07) is 0.319. The average molecular weight is 268 g/mol. The third kappa shape index (κ3) is 2.44. The topological polar surface area (TPSA) is 78.7 Å². The molecule has 1 N–H and O–H groups in total. The lowest BCUT2D eigenvalue weighted by Gasteiger charge is -2.37. The van der Waals surface area contributed by atoms with Crippen molar-refractivity contribution < 1.29 is 9.72 Å². The number of rotatable bonds is 3. The summed E-state index contributed by atoms with van der Waals surface area (Å²) < 4.78 is 0. The van der Waals surface area contributed by atoms with Gasteiger partial charge in [0.1, 0.15) is 0 Å². The van der Waals surface area contributed by atoms with E-state index in [-0.39, 0.29) is 17.0 Å². The Morgan fingerprint density at radius 2 is 2.05 bits per heavy atom. The molecule has 3 rings (SSSR count). The van der Waals surface area contributed by atoms with E-state index in [1.165, 1.54) is 6.42 Å². The van der Waals surface area contributed by atoms with Gasteiger partial charge in [-0.25, -0.2) is 5.32 Å². The van der Waals surface area contributed by atoms with E-state index in [1.807, 2.05) is 4.90 Å². The summed E-state index contributed by atoms with van der Waals surface area (Å²) in [5.41, 5.74) is 0. The number of nitrogens with zero attached hydrogens (tertiary/aromatic N) is 3. The highest BCUT2D eigenvalue weighted by atomic mass is 16.6. The highest BCUT2D eigenvalue weighted by Gasteiger charge is 2.41. The van der Waals surface area contributed by atoms with E-state index in [0.717, 1.165) is 32.5 Å². The number of hydrogen-bond acceptors (Lipinski definition) is 5. The molecule has 106 valence electrons. The van der Waals surface area contributed by atoms with Crippen molar-refractivity contribution in [2.24, 2.45) is 0 Å². The van der Waals surface area contributed by atoms with Crippen LogP contribution < -0.4 is 5.32 Å². The molecule has 3 unspecified atom stereocenters. The van der Waals surface area contributed by atoms with Gasteiger partial charge in [-0.05, 0) is 32.4 Å². The molecule has 3 heterocycles. The van der Waals surface area contributed by atoms with Crippen molar-refractivity contribution in [2.75, 3.05) is 19.6 Å². The predicted molar refractivity (Wildman–Crippen MR) is 67.9 cm³/mol. The van der Waals surface area contributed by atoms with E-state index in [0.29, 0.717) is 18.9 Å². The maximum atomic E-state index is 12.1. The summed E-state index contributed by atoms with van der Waals surface area (Å²) >= 11 is 0. The molecule has 19 heavy (non-hydrogen) atoms. The molecule has 3 aliphatic rings. The van der Waals surface area contributed by atoms with Gasteiger partial charge in [0.15, 0.2) is 0 Å². The predicted octanol–water partition coefficient (Wildman–Crippen LogP) is -0.00460. The van der Waals surface area contributed by atoms with Crippen LogP contribution in [0.1, 0.15) is 32.1 Å². The second-order valence-electron chi connectivity index (χ2n) is 5.71. The molecule has 0 spiro atoms. The monoisotopic (exact) mass is 268 g/mol. The minimum absolute atomic E-state index is 0.137. The Labute approximate surface area is 112 Å². The Morgan fingerprint density at radius 3 is 2.68 bits per heavy atom. The Hall–Kier alpha value is -1.21. The molecule has 3 fully saturated rings. The first kappa shape index (κ1) is 12.8. The summed E-state index contributed by atoms with van der Waals surface area (Å²) in [4.78, 5) is 26.8. The fourth-order valence-electron chi connectivity index (χ4n) is 3.27. The summed E-state index contributed by atoms with van der Waals surface area (Å²) in [5, 5.41) is 13.9. The first-order valence-electron chi connectivity index (χ1n) is 7.08. The van der Waals surface area contributed by atoms with E-state index < -0.39 is 6.17 Å². The van der Waals surface area contributed by atoms with E-state index in [4.69, 9.17) is 0 Å². The van der Waals surface area contributed by atoms with Gasteiger partial charge < -0.3 is 4.90 Å². The summed E-state index contributed by atoms with van der Waals surface area (Å²) in [7, 11) is 0. The highest BCUT2D eigenvalue weighted by molar-refractivity contribution is 5.79. The SMILES string of the molecule is O=C1CC(N2CCC2)CN1C1CCCC([N+](=O)[O-])N1. The molecule has 0 aromatic heterocycles. The quantitative estimate of drug-likeness (QED) is 0.575. The highest BCUT2D eigenvalue weighted by Crippen LogP contribution is 2.26. The molecule has 0 aromatic rings. The van der Waals surface area contributed by atoms with Gasteiger partial charge in [-0.1, -0.05) is 0 Å². The molecule has 3 saturated heterocycles. The van der Waals surface area contributed by atoms with Gasteiger partial charge in [0.2, 0.25) is 5.91 Å². The fraction of sp³-hybridized carbons (Fsp3) is 0.917. The number of hydrogen-bond donors (Lipinski definition) is 1. The van der Waals surface area contributed by atoms with Crippen LogP contribution in [0.5, 0.6) is 0 Å². The van der Waals surface area contributed by atoms with Gasteiger partial charge in [-0.15, -0.1) is 0 Å². The Bertz CT molecular complexity index is 385. The second kappa shape index (κ2) is 5.05. The maximum Gasteiger partial charge on any atom is 0.267 e. The van der Waals surface area contributed by atoms with Crippen LogP contribution in [-0.4, -0.2) is 58.6 Å². The molecule has 3 atom stereocenters. The molecule has 7 heteroatoms. The van der Waals surface area contributed by atoms with Crippen LogP contribution in [0.15, 0.2) is 0 Å². The first-order chi connectivity index (χ1) is 9.15. The van der Waals surface area contributed by atoms with Gasteiger partial charge in [0.05, 0.1) is 6.17 Å². The van der Waals surface area contributed by atoms with Crippen LogP contribution in [-0.2, 0) is 4.79 Å². The zero-order chi connectivity index (χ0) is 13.4. The van der Waals surface area contributed by atoms with Gasteiger partial charge in [0.25, 0.3) is 6.17 Å². The second-order valence-corrected chi connectivity index (χ2v) is 5.71. The van der Waals surface area contributed by atoms with E-state index in [2.05, 4.69) is 10.2 Å². The molecule has 0 aromatic carbocycles. The minimum atomic E-state index is -0.699. The van der Waals surface area contributed by atoms with Gasteiger partial charge in [-0.2, -0.15) is 0 Å². The lowest BCUT2D eigenvalue weighted by molar-refractivity contribution is -0.534. The summed E-state index contributed by atoms with van der Waals surface area (Å²) in [5.74, 6) is 0.137. The Kier molecular flexibility index (Phi) is 3.40. The van der Waals surface area contributed by atoms with E-state index in [9.17, 15) is 14.9 Å². The summed E-state index contributed by atoms with van der Waals surface area (Å²) in [6.45, 7) is 2.89. The molecule has 7 nitrogen and oxygen atoms in total. The minimum Gasteiger partial charge on any atom is -0.325 e. The zero-order valence-corrected chi connectivity index (χ0v) is 11.0. The Morgan fingerprint density at radius 1 is 1.26 bits per heavy atom. The largest absolute Gasteiger partial charge is 0.325 e. The van der Waals surface area contributed by atoms with Crippen molar-refractivity contribution in [3.05, 3.63) is 10.1 Å². The summed E-state index contributed by atoms with van der Waals surface area (Å²) in [6.07, 6.45) is 3.13. The first-order valence-corrected chi connectivity index (χ1v) is 7.08. The number of likely N-dealkylation sites (tertiary alicyclic amines) is 2. The van der Waals surface area contributed by atoms with Crippen LogP contribution in [0.2, 0.25) is 0 Å². The molecule has 3 aliphatic heterocycles. The number of piperidine rings is 1. The van der Waals surface area contributed by atoms with Crippen molar-refractivity contribution in [1.29, 1.82) is 0 Å². The molecular formula is C12H20N4O3. The maximum absolute atomic E-state index is 12.1. The van der Waals surface area contributed by atoms with Crippen LogP contribution in [0, 0.1) is 10.1 Å². The number of amides is 1. The third-order valence-electron chi connectivity index (χ3n) is 4.52. The molecule has 0 aliphatic carbocycles. The van der Waals surface area contributed by atoms with Crippen molar-refractivity contribution in [2.45, 2.75) is 50.5 Å². The van der Waals surface area contributed by atoms with Gasteiger partial charge >= 0.3 is 0 Å². The fourth-order valence-corrected chi connectivity index (χ4v) is 3.27. The number of nitro groups is 1. The van der Waals surface area contributed by atoms with Gasteiger partial charge in [0, 0.05) is 30.4 Å². The van der Waals surface area contributed by atoms with E-state index in [1.54, 1.807) is 0 Å². The van der Waals surface area contributed by atoms with Gasteiger partial charge in [-0.3, -0.25) is 19.8 Å². The normalized spacial score (nSPS) is 36.3. The van der Waals surface area contributed by atoms with Crippen LogP contribution >= 0.6 is 0 Å². The standard InChI is InChI=1S/C12H20N4O3/c17-12-7-9(14-5-2-6-14)8-15(12)10-3-1-4-11(13-10)16(18)19/h9-11,13H,1-8H2. The van der Waals surface area contributed by atoms with Crippen molar-refractivity contribution in [1.82, 2.24) is 15.1 Å². The van der Waals surface area contributed by atoms with Crippen LogP contribution in [0.25, 0.3) is 0 Å². The Balaban J connectivity index is 1.61. The molecule has 0 radical (unpaired) electrons. The molecule has 0 saturated carbocycles. The molecule has 1 amide bonds. The van der Waals surface area contributed by atoms with Crippen LogP contribution in [0.3, 0.4) is 0 Å². The molecular weight excluding hydrogens is 248 g/mol. The smallest absolute Gasteiger partial charge is 0.267 e. The molecule has 0 bridgehead atoms. The lowest BCUT2D eigenvalue weighted by Crippen LogP contribution is -2.56. The zero-order valence-electron chi connectivity index (χ0n) is 11.0. The number of nitrogens with one attached hydrogen (secondary N) is 1. The van der Waals surface area contributed by atoms with E-state index >= 15 is 0 Å².